The lowest BCUT2D eigenvalue weighted by atomic mass is 9.97. The molecule has 0 aromatic carbocycles. The zero-order chi connectivity index (χ0) is 13.3. The molecule has 0 spiro atoms. The van der Waals surface area contributed by atoms with Crippen molar-refractivity contribution in [2.45, 2.75) is 57.8 Å². The lowest BCUT2D eigenvalue weighted by Crippen LogP contribution is -2.44. The van der Waals surface area contributed by atoms with E-state index >= 15 is 0 Å². The van der Waals surface area contributed by atoms with Crippen LogP contribution in [0.15, 0.2) is 11.6 Å². The van der Waals surface area contributed by atoms with Crippen molar-refractivity contribution in [3.05, 3.63) is 11.6 Å². The average molecular weight is 256 g/mol. The Kier molecular flexibility index (Phi) is 4.33. The summed E-state index contributed by atoms with van der Waals surface area (Å²) in [5.41, 5.74) is 0.514. The summed E-state index contributed by atoms with van der Waals surface area (Å²) in [6.07, 6.45) is 3.04. The predicted molar refractivity (Wildman–Crippen MR) is 71.5 cm³/mol. The maximum atomic E-state index is 11.5. The largest absolute Gasteiger partial charge is 0.411 e. The fourth-order valence-corrected chi connectivity index (χ4v) is 2.92. The van der Waals surface area contributed by atoms with Gasteiger partial charge in [-0.15, -0.1) is 0 Å². The van der Waals surface area contributed by atoms with Crippen LogP contribution in [0.25, 0.3) is 0 Å². The van der Waals surface area contributed by atoms with E-state index in [2.05, 4.69) is 33.9 Å². The number of carbonyl (C=O) groups is 1. The molecule has 0 radical (unpaired) electrons. The smallest absolute Gasteiger partial charge is 0.192 e. The molecule has 0 saturated heterocycles. The summed E-state index contributed by atoms with van der Waals surface area (Å²) in [4.78, 5) is 11.5. The molecule has 1 N–H and O–H groups in total. The molecule has 0 aromatic heterocycles. The second-order valence-electron chi connectivity index (χ2n) is 6.23. The van der Waals surface area contributed by atoms with E-state index in [1.165, 1.54) is 0 Å². The van der Waals surface area contributed by atoms with Gasteiger partial charge in [-0.3, -0.25) is 4.79 Å². The van der Waals surface area contributed by atoms with Crippen molar-refractivity contribution < 1.29 is 14.3 Å². The predicted octanol–water partition coefficient (Wildman–Crippen LogP) is 2.66. The Morgan fingerprint density at radius 1 is 1.47 bits per heavy atom. The lowest BCUT2D eigenvalue weighted by molar-refractivity contribution is -0.117. The number of aliphatic hydroxyl groups is 1. The third-order valence-corrected chi connectivity index (χ3v) is 8.33. The van der Waals surface area contributed by atoms with Crippen LogP contribution in [-0.4, -0.2) is 31.9 Å². The number of hydrogen-bond acceptors (Lipinski definition) is 3. The minimum Gasteiger partial charge on any atom is -0.411 e. The van der Waals surface area contributed by atoms with Crippen LogP contribution in [0.5, 0.6) is 0 Å². The molecule has 4 heteroatoms. The van der Waals surface area contributed by atoms with Crippen molar-refractivity contribution in [3.8, 4) is 0 Å². The standard InChI is InChI=1S/C13H24O3Si/c1-13(2,3)17(4,5)16-11-6-7-12(15)10(8-11)9-14/h8,11,14H,6-7,9H2,1-5H3/t11-/m0/s1. The van der Waals surface area contributed by atoms with Gasteiger partial charge in [0.25, 0.3) is 0 Å². The Morgan fingerprint density at radius 2 is 2.06 bits per heavy atom. The first-order chi connectivity index (χ1) is 7.67. The van der Waals surface area contributed by atoms with Crippen molar-refractivity contribution in [1.82, 2.24) is 0 Å². The second kappa shape index (κ2) is 5.04. The number of hydrogen-bond donors (Lipinski definition) is 1. The molecular formula is C13H24O3Si. The van der Waals surface area contributed by atoms with E-state index in [4.69, 9.17) is 9.53 Å². The highest BCUT2D eigenvalue weighted by molar-refractivity contribution is 6.74. The highest BCUT2D eigenvalue weighted by Gasteiger charge is 2.39. The third-order valence-electron chi connectivity index (χ3n) is 3.82. The summed E-state index contributed by atoms with van der Waals surface area (Å²) >= 11 is 0. The molecule has 17 heavy (non-hydrogen) atoms. The van der Waals surface area contributed by atoms with E-state index in [0.717, 1.165) is 6.42 Å². The summed E-state index contributed by atoms with van der Waals surface area (Å²) in [7, 11) is -1.79. The number of rotatable bonds is 3. The zero-order valence-corrected chi connectivity index (χ0v) is 12.5. The Morgan fingerprint density at radius 3 is 2.53 bits per heavy atom. The van der Waals surface area contributed by atoms with Crippen LogP contribution in [0.1, 0.15) is 33.6 Å². The van der Waals surface area contributed by atoms with Crippen LogP contribution < -0.4 is 0 Å². The first kappa shape index (κ1) is 14.6. The van der Waals surface area contributed by atoms with E-state index in [1.807, 2.05) is 6.08 Å². The monoisotopic (exact) mass is 256 g/mol. The van der Waals surface area contributed by atoms with Gasteiger partial charge in [-0.05, 0) is 30.6 Å². The first-order valence-corrected chi connectivity index (χ1v) is 9.11. The molecule has 0 amide bonds. The van der Waals surface area contributed by atoms with Gasteiger partial charge in [-0.25, -0.2) is 0 Å². The molecule has 1 rings (SSSR count). The molecule has 0 fully saturated rings. The maximum absolute atomic E-state index is 11.5. The van der Waals surface area contributed by atoms with Crippen molar-refractivity contribution in [1.29, 1.82) is 0 Å². The Bertz CT molecular complexity index is 326. The molecule has 98 valence electrons. The zero-order valence-electron chi connectivity index (χ0n) is 11.5. The highest BCUT2D eigenvalue weighted by Crippen LogP contribution is 2.38. The summed E-state index contributed by atoms with van der Waals surface area (Å²) in [5.74, 6) is 0.0579. The summed E-state index contributed by atoms with van der Waals surface area (Å²) in [5, 5.41) is 9.27. The lowest BCUT2D eigenvalue weighted by Gasteiger charge is -2.39. The van der Waals surface area contributed by atoms with Crippen molar-refractivity contribution in [2.24, 2.45) is 0 Å². The van der Waals surface area contributed by atoms with Crippen molar-refractivity contribution >= 4 is 14.1 Å². The van der Waals surface area contributed by atoms with Gasteiger partial charge in [-0.2, -0.15) is 0 Å². The topological polar surface area (TPSA) is 46.5 Å². The molecular weight excluding hydrogens is 232 g/mol. The summed E-state index contributed by atoms with van der Waals surface area (Å²) in [6.45, 7) is 10.8. The first-order valence-electron chi connectivity index (χ1n) is 6.20. The second-order valence-corrected chi connectivity index (χ2v) is 11.0. The van der Waals surface area contributed by atoms with E-state index in [0.29, 0.717) is 12.0 Å². The molecule has 1 atom stereocenters. The third kappa shape index (κ3) is 3.50. The maximum Gasteiger partial charge on any atom is 0.192 e. The highest BCUT2D eigenvalue weighted by atomic mass is 28.4. The number of ketones is 1. The number of Topliss-reactive ketones (excluding diaryl/α,β-unsaturated/α-hetero) is 1. The molecule has 0 aromatic rings. The minimum absolute atomic E-state index is 0.00394. The van der Waals surface area contributed by atoms with E-state index in [-0.39, 0.29) is 23.5 Å². The quantitative estimate of drug-likeness (QED) is 0.790. The summed E-state index contributed by atoms with van der Waals surface area (Å²) < 4.78 is 6.22. The molecule has 0 saturated carbocycles. The van der Waals surface area contributed by atoms with Crippen LogP contribution in [0.2, 0.25) is 18.1 Å². The molecule has 1 aliphatic carbocycles. The van der Waals surface area contributed by atoms with Gasteiger partial charge in [0.2, 0.25) is 0 Å². The van der Waals surface area contributed by atoms with Crippen LogP contribution in [0, 0.1) is 0 Å². The Hall–Kier alpha value is -0.453. The van der Waals surface area contributed by atoms with Crippen LogP contribution in [0.3, 0.4) is 0 Å². The van der Waals surface area contributed by atoms with Gasteiger partial charge in [0.1, 0.15) is 0 Å². The number of carbonyl (C=O) groups excluding carboxylic acids is 1. The fraction of sp³-hybridized carbons (Fsp3) is 0.769. The van der Waals surface area contributed by atoms with Gasteiger partial charge in [0, 0.05) is 12.0 Å². The molecule has 1 aliphatic rings. The molecule has 3 nitrogen and oxygen atoms in total. The van der Waals surface area contributed by atoms with Gasteiger partial charge in [0.05, 0.1) is 12.7 Å². The van der Waals surface area contributed by atoms with Crippen LogP contribution in [0.4, 0.5) is 0 Å². The molecule has 0 heterocycles. The van der Waals surface area contributed by atoms with Gasteiger partial charge >= 0.3 is 0 Å². The number of aliphatic hydroxyl groups excluding tert-OH is 1. The van der Waals surface area contributed by atoms with E-state index in [9.17, 15) is 4.79 Å². The molecule has 0 unspecified atom stereocenters. The van der Waals surface area contributed by atoms with Gasteiger partial charge < -0.3 is 9.53 Å². The SMILES string of the molecule is CC(C)(C)[Si](C)(C)O[C@@H]1C=C(CO)C(=O)CC1. The van der Waals surface area contributed by atoms with Crippen molar-refractivity contribution in [2.75, 3.05) is 6.61 Å². The summed E-state index contributed by atoms with van der Waals surface area (Å²) in [6, 6.07) is 0. The van der Waals surface area contributed by atoms with Gasteiger partial charge in [-0.1, -0.05) is 20.8 Å². The van der Waals surface area contributed by atoms with Crippen molar-refractivity contribution in [3.63, 3.8) is 0 Å². The average Bonchev–Trinajstić information content (AvgIpc) is 2.19. The van der Waals surface area contributed by atoms with E-state index < -0.39 is 8.32 Å². The molecule has 0 bridgehead atoms. The Balaban J connectivity index is 2.77. The Labute approximate surface area is 105 Å². The normalized spacial score (nSPS) is 22.6. The van der Waals surface area contributed by atoms with Crippen LogP contribution >= 0.6 is 0 Å². The molecule has 0 aliphatic heterocycles. The van der Waals surface area contributed by atoms with E-state index in [1.54, 1.807) is 0 Å². The fourth-order valence-electron chi connectivity index (χ4n) is 1.62. The van der Waals surface area contributed by atoms with Crippen LogP contribution in [-0.2, 0) is 9.22 Å². The van der Waals surface area contributed by atoms with Gasteiger partial charge in [0.15, 0.2) is 14.1 Å². The minimum atomic E-state index is -1.79.